The zero-order chi connectivity index (χ0) is 38.4. The lowest BCUT2D eigenvalue weighted by molar-refractivity contribution is -0.170. The molecule has 6 N–H and O–H groups in total. The number of carbonyl (C=O) groups excluding carboxylic acids is 1. The summed E-state index contributed by atoms with van der Waals surface area (Å²) in [5, 5.41) is 42.2. The summed E-state index contributed by atoms with van der Waals surface area (Å²) in [6, 6.07) is 16.9. The molecule has 1 amide bonds. The number of anilines is 1. The van der Waals surface area contributed by atoms with Crippen LogP contribution in [0, 0.1) is 0 Å². The summed E-state index contributed by atoms with van der Waals surface area (Å²) in [4.78, 5) is 43.7. The van der Waals surface area contributed by atoms with Crippen molar-refractivity contribution in [3.8, 4) is 11.5 Å². The molecule has 0 radical (unpaired) electrons. The normalized spacial score (nSPS) is 16.8. The fourth-order valence-corrected chi connectivity index (χ4v) is 9.05. The molecule has 5 aromatic rings. The molecule has 0 spiro atoms. The molecule has 1 aliphatic carbocycles. The number of phenols is 1. The van der Waals surface area contributed by atoms with E-state index >= 15 is 0 Å². The van der Waals surface area contributed by atoms with Gasteiger partial charge < -0.3 is 45.3 Å². The van der Waals surface area contributed by atoms with Gasteiger partial charge in [-0.05, 0) is 79.4 Å². The van der Waals surface area contributed by atoms with Crippen LogP contribution in [0.3, 0.4) is 0 Å². The van der Waals surface area contributed by atoms with E-state index < -0.39 is 17.7 Å². The largest absolute Gasteiger partial charge is 0.506 e. The maximum Gasteiger partial charge on any atom is 0.347 e. The molecule has 1 atom stereocenters. The molecule has 6 rings (SSSR count). The van der Waals surface area contributed by atoms with Gasteiger partial charge in [0.15, 0.2) is 0 Å². The summed E-state index contributed by atoms with van der Waals surface area (Å²) in [5.41, 5.74) is 0.0636. The third-order valence-corrected chi connectivity index (χ3v) is 12.2. The fourth-order valence-electron chi connectivity index (χ4n) is 7.01. The Hall–Kier alpha value is -4.28. The molecule has 12 nitrogen and oxygen atoms in total. The van der Waals surface area contributed by atoms with Crippen LogP contribution in [0.2, 0.25) is 5.02 Å². The highest BCUT2D eigenvalue weighted by Crippen LogP contribution is 2.42. The third kappa shape index (κ3) is 8.65. The Balaban J connectivity index is 0.989. The van der Waals surface area contributed by atoms with E-state index in [-0.39, 0.29) is 47.8 Å². The summed E-state index contributed by atoms with van der Waals surface area (Å²) in [5.74, 6) is -0.789. The van der Waals surface area contributed by atoms with Crippen molar-refractivity contribution in [1.82, 2.24) is 15.2 Å². The highest BCUT2D eigenvalue weighted by molar-refractivity contribution is 7.12. The molecule has 0 bridgehead atoms. The summed E-state index contributed by atoms with van der Waals surface area (Å²) in [6.07, 6.45) is 2.13. The van der Waals surface area contributed by atoms with Crippen molar-refractivity contribution in [2.45, 2.75) is 62.5 Å². The minimum Gasteiger partial charge on any atom is -0.506 e. The first-order valence-electron chi connectivity index (χ1n) is 17.6. The molecule has 0 unspecified atom stereocenters. The van der Waals surface area contributed by atoms with E-state index in [1.165, 1.54) is 41.9 Å². The van der Waals surface area contributed by atoms with E-state index in [2.05, 4.69) is 20.5 Å². The number of phenolic OH excluding ortho intramolecular Hbond substituents is 1. The number of nitrogens with one attached hydrogen (secondary N) is 3. The number of amides is 1. The third-order valence-electron chi connectivity index (χ3n) is 9.90. The molecule has 15 heteroatoms. The maximum absolute atomic E-state index is 13.1. The number of hydrogen-bond acceptors (Lipinski definition) is 11. The average molecular weight is 795 g/mol. The number of pyridine rings is 1. The van der Waals surface area contributed by atoms with Crippen LogP contribution in [-0.2, 0) is 26.5 Å². The monoisotopic (exact) mass is 794 g/mol. The summed E-state index contributed by atoms with van der Waals surface area (Å²) in [6.45, 7) is 0.989. The minimum absolute atomic E-state index is 0.0824. The van der Waals surface area contributed by atoms with E-state index in [0.29, 0.717) is 63.1 Å². The molecule has 54 heavy (non-hydrogen) atoms. The van der Waals surface area contributed by atoms with Gasteiger partial charge in [0.2, 0.25) is 17.1 Å². The number of carboxylic acid groups (broad SMARTS) is 1. The summed E-state index contributed by atoms with van der Waals surface area (Å²) < 4.78 is 12.1. The van der Waals surface area contributed by atoms with Crippen LogP contribution < -0.4 is 20.9 Å². The van der Waals surface area contributed by atoms with Crippen molar-refractivity contribution in [3.63, 3.8) is 0 Å². The van der Waals surface area contributed by atoms with Crippen LogP contribution in [0.4, 0.5) is 5.69 Å². The van der Waals surface area contributed by atoms with Crippen molar-refractivity contribution in [1.29, 1.82) is 0 Å². The first kappa shape index (κ1) is 39.4. The average Bonchev–Trinajstić information content (AvgIpc) is 3.91. The number of methoxy groups -OCH3 is 1. The molecular formula is C39H43ClN4O8S2. The van der Waals surface area contributed by atoms with Crippen LogP contribution in [0.1, 0.15) is 59.1 Å². The highest BCUT2D eigenvalue weighted by Gasteiger charge is 2.48. The lowest BCUT2D eigenvalue weighted by Crippen LogP contribution is -2.44. The van der Waals surface area contributed by atoms with Crippen LogP contribution >= 0.6 is 34.3 Å². The number of aromatic nitrogens is 1. The number of aromatic hydroxyl groups is 1. The van der Waals surface area contributed by atoms with E-state index in [1.54, 1.807) is 24.3 Å². The first-order valence-corrected chi connectivity index (χ1v) is 19.7. The second kappa shape index (κ2) is 17.5. The molecule has 3 heterocycles. The van der Waals surface area contributed by atoms with Gasteiger partial charge in [0.05, 0.1) is 45.3 Å². The van der Waals surface area contributed by atoms with Crippen molar-refractivity contribution >= 4 is 62.7 Å². The van der Waals surface area contributed by atoms with Gasteiger partial charge >= 0.3 is 5.97 Å². The molecule has 1 fully saturated rings. The van der Waals surface area contributed by atoms with Gasteiger partial charge in [-0.3, -0.25) is 9.59 Å². The van der Waals surface area contributed by atoms with Crippen molar-refractivity contribution in [3.05, 3.63) is 108 Å². The van der Waals surface area contributed by atoms with Gasteiger partial charge in [-0.2, -0.15) is 0 Å². The first-order chi connectivity index (χ1) is 26.0. The Labute approximate surface area is 325 Å². The van der Waals surface area contributed by atoms with Crippen LogP contribution in [0.25, 0.3) is 10.9 Å². The number of H-pyrrole nitrogens is 1. The van der Waals surface area contributed by atoms with Gasteiger partial charge in [-0.15, -0.1) is 22.7 Å². The Morgan fingerprint density at radius 3 is 2.39 bits per heavy atom. The predicted molar refractivity (Wildman–Crippen MR) is 211 cm³/mol. The number of aliphatic carboxylic acids is 1. The predicted octanol–water partition coefficient (Wildman–Crippen LogP) is 6.46. The Bertz CT molecular complexity index is 2080. The number of aliphatic hydroxyl groups excluding tert-OH is 1. The lowest BCUT2D eigenvalue weighted by Gasteiger charge is -2.38. The van der Waals surface area contributed by atoms with Crippen LogP contribution in [0.15, 0.2) is 76.2 Å². The highest BCUT2D eigenvalue weighted by atomic mass is 35.5. The molecule has 1 aliphatic rings. The second-order valence-corrected chi connectivity index (χ2v) is 15.6. The molecule has 286 valence electrons. The number of benzene rings is 2. The van der Waals surface area contributed by atoms with Gasteiger partial charge in [0.25, 0.3) is 0 Å². The van der Waals surface area contributed by atoms with Gasteiger partial charge in [0.1, 0.15) is 11.5 Å². The second-order valence-electron chi connectivity index (χ2n) is 13.3. The van der Waals surface area contributed by atoms with E-state index in [4.69, 9.17) is 21.1 Å². The van der Waals surface area contributed by atoms with E-state index in [9.17, 15) is 29.7 Å². The Morgan fingerprint density at radius 2 is 1.76 bits per heavy atom. The van der Waals surface area contributed by atoms with Crippen LogP contribution in [0.5, 0.6) is 11.5 Å². The number of carbonyl (C=O) groups is 2. The molecule has 0 saturated heterocycles. The number of aliphatic hydroxyl groups is 1. The minimum atomic E-state index is -1.53. The molecule has 2 aromatic carbocycles. The smallest absolute Gasteiger partial charge is 0.347 e. The molecular weight excluding hydrogens is 752 g/mol. The number of halogens is 1. The summed E-state index contributed by atoms with van der Waals surface area (Å²) >= 11 is 9.37. The van der Waals surface area contributed by atoms with Crippen LogP contribution in [-0.4, -0.2) is 76.5 Å². The standard InChI is InChI=1S/C39H43ClN4O8S2/c1-44(24-7-9-25(10-8-24)52-39(38(49)50,33-5-3-17-53-33)34-6-4-18-54-34)16-15-36(48)42-29-20-32(51-2)23(19-28(29)40)21-41-22-31(46)26-11-13-30(45)37-27(26)12-14-35(47)43-37/h3-6,11-14,17-20,24-25,31,41,45-46H,7-10,15-16,21-22H2,1-2H3,(H,42,48)(H,43,47)(H,49,50)/t24-,25-,31-/m0/s1. The fraction of sp³-hybridized carbons (Fsp3) is 0.359. The number of nitrogens with zero attached hydrogens (tertiary/aromatic N) is 1. The number of aromatic amines is 1. The quantitative estimate of drug-likeness (QED) is 0.0651. The Kier molecular flexibility index (Phi) is 12.7. The molecule has 0 aliphatic heterocycles. The zero-order valence-corrected chi connectivity index (χ0v) is 32.2. The van der Waals surface area contributed by atoms with E-state index in [0.717, 1.165) is 18.4 Å². The maximum atomic E-state index is 13.1. The topological polar surface area (TPSA) is 173 Å². The number of thiophene rings is 2. The number of hydrogen-bond donors (Lipinski definition) is 6. The van der Waals surface area contributed by atoms with Gasteiger partial charge in [-0.1, -0.05) is 29.8 Å². The molecule has 3 aromatic heterocycles. The van der Waals surface area contributed by atoms with Crippen molar-refractivity contribution in [2.75, 3.05) is 32.6 Å². The Morgan fingerprint density at radius 1 is 1.06 bits per heavy atom. The SMILES string of the molecule is COc1cc(NC(=O)CCN(C)[C@H]2CC[C@H](OC(C(=O)O)(c3cccs3)c3cccs3)CC2)c(Cl)cc1CNC[C@H](O)c1ccc(O)c2[nH]c(=O)ccc12. The van der Waals surface area contributed by atoms with Gasteiger partial charge in [0, 0.05) is 55.2 Å². The van der Waals surface area contributed by atoms with Gasteiger partial charge in [-0.25, -0.2) is 4.79 Å². The molecule has 1 saturated carbocycles. The van der Waals surface area contributed by atoms with E-state index in [1.807, 2.05) is 42.1 Å². The zero-order valence-electron chi connectivity index (χ0n) is 29.8. The lowest BCUT2D eigenvalue weighted by atomic mass is 9.90. The van der Waals surface area contributed by atoms with Crippen molar-refractivity contribution < 1.29 is 34.4 Å². The number of fused-ring (bicyclic) bond motifs is 1. The number of rotatable bonds is 16. The summed E-state index contributed by atoms with van der Waals surface area (Å²) in [7, 11) is 3.52. The number of ether oxygens (including phenoxy) is 2. The van der Waals surface area contributed by atoms with Crippen molar-refractivity contribution in [2.24, 2.45) is 0 Å². The number of carboxylic acids is 1.